The molecule has 0 saturated carbocycles. The van der Waals surface area contributed by atoms with E-state index in [1.165, 1.54) is 5.56 Å². The Morgan fingerprint density at radius 2 is 1.64 bits per heavy atom. The predicted octanol–water partition coefficient (Wildman–Crippen LogP) is 5.13. The van der Waals surface area contributed by atoms with Crippen LogP contribution in [0.15, 0.2) is 36.4 Å². The van der Waals surface area contributed by atoms with Gasteiger partial charge in [-0.3, -0.25) is 9.32 Å². The maximum atomic E-state index is 12.7. The summed E-state index contributed by atoms with van der Waals surface area (Å²) in [5.74, 6) is 0.0164. The van der Waals surface area contributed by atoms with Crippen LogP contribution >= 0.6 is 8.69 Å². The standard InChI is InChI=1S/C18H19O3P/c1-11-5-10-17(13(3)12(11)2)18(19)16-8-6-15(7-9-16)14(4)21-22-20/h5-10,14H,1-4H3. The second-order valence-electron chi connectivity index (χ2n) is 5.45. The summed E-state index contributed by atoms with van der Waals surface area (Å²) < 4.78 is 15.5. The Bertz CT molecular complexity index is 705. The fourth-order valence-electron chi connectivity index (χ4n) is 2.39. The van der Waals surface area contributed by atoms with Crippen LogP contribution in [0.1, 0.15) is 51.2 Å². The number of carbonyl (C=O) groups is 1. The third-order valence-corrected chi connectivity index (χ3v) is 4.55. The van der Waals surface area contributed by atoms with E-state index in [1.807, 2.05) is 52.0 Å². The van der Waals surface area contributed by atoms with Gasteiger partial charge >= 0.3 is 8.69 Å². The van der Waals surface area contributed by atoms with Gasteiger partial charge in [0.25, 0.3) is 0 Å². The monoisotopic (exact) mass is 314 g/mol. The Hall–Kier alpha value is -1.83. The lowest BCUT2D eigenvalue weighted by Gasteiger charge is -2.12. The van der Waals surface area contributed by atoms with Gasteiger partial charge in [-0.15, -0.1) is 0 Å². The van der Waals surface area contributed by atoms with Crippen molar-refractivity contribution in [2.45, 2.75) is 33.8 Å². The average Bonchev–Trinajstić information content (AvgIpc) is 2.52. The topological polar surface area (TPSA) is 43.4 Å². The van der Waals surface area contributed by atoms with E-state index in [0.29, 0.717) is 5.56 Å². The van der Waals surface area contributed by atoms with Crippen LogP contribution in [0.3, 0.4) is 0 Å². The Balaban J connectivity index is 2.31. The minimum absolute atomic E-state index is 0.0164. The van der Waals surface area contributed by atoms with E-state index in [0.717, 1.165) is 22.3 Å². The van der Waals surface area contributed by atoms with Crippen molar-refractivity contribution >= 4 is 14.5 Å². The molecule has 2 aromatic rings. The molecule has 2 aromatic carbocycles. The molecule has 0 aliphatic heterocycles. The lowest BCUT2D eigenvalue weighted by molar-refractivity contribution is 0.103. The molecule has 0 heterocycles. The summed E-state index contributed by atoms with van der Waals surface area (Å²) in [6.45, 7) is 7.87. The number of carbonyl (C=O) groups excluding carboxylic acids is 1. The van der Waals surface area contributed by atoms with E-state index in [-0.39, 0.29) is 20.6 Å². The fourth-order valence-corrected chi connectivity index (χ4v) is 2.64. The number of hydrogen-bond acceptors (Lipinski definition) is 3. The third kappa shape index (κ3) is 3.32. The molecule has 0 aliphatic carbocycles. The molecule has 0 aliphatic rings. The van der Waals surface area contributed by atoms with Gasteiger partial charge in [-0.2, -0.15) is 0 Å². The lowest BCUT2D eigenvalue weighted by Crippen LogP contribution is -2.06. The van der Waals surface area contributed by atoms with Gasteiger partial charge in [0.15, 0.2) is 5.78 Å². The number of benzene rings is 2. The molecule has 0 saturated heterocycles. The highest BCUT2D eigenvalue weighted by atomic mass is 31.1. The van der Waals surface area contributed by atoms with Crippen molar-refractivity contribution < 1.29 is 13.9 Å². The highest BCUT2D eigenvalue weighted by Gasteiger charge is 2.14. The molecule has 0 radical (unpaired) electrons. The second-order valence-corrected chi connectivity index (χ2v) is 5.81. The summed E-state index contributed by atoms with van der Waals surface area (Å²) in [6, 6.07) is 11.1. The van der Waals surface area contributed by atoms with Gasteiger partial charge in [0.05, 0.1) is 6.10 Å². The number of ketones is 1. The van der Waals surface area contributed by atoms with Crippen molar-refractivity contribution in [1.82, 2.24) is 0 Å². The minimum atomic E-state index is -0.344. The maximum Gasteiger partial charge on any atom is 0.327 e. The summed E-state index contributed by atoms with van der Waals surface area (Å²) in [7, 11) is -0.344. The second kappa shape index (κ2) is 6.95. The van der Waals surface area contributed by atoms with Gasteiger partial charge in [-0.05, 0) is 49.9 Å². The Kier molecular flexibility index (Phi) is 5.23. The normalized spacial score (nSPS) is 12.4. The Morgan fingerprint density at radius 1 is 1.00 bits per heavy atom. The first-order chi connectivity index (χ1) is 10.5. The van der Waals surface area contributed by atoms with E-state index in [2.05, 4.69) is 0 Å². The summed E-state index contributed by atoms with van der Waals surface area (Å²) in [5, 5.41) is 0. The first-order valence-corrected chi connectivity index (χ1v) is 7.88. The first-order valence-electron chi connectivity index (χ1n) is 7.15. The van der Waals surface area contributed by atoms with Gasteiger partial charge < -0.3 is 0 Å². The SMILES string of the molecule is Cc1ccc(C(=O)c2ccc(C(C)OP=O)cc2)c(C)c1C. The van der Waals surface area contributed by atoms with Crippen molar-refractivity contribution in [3.63, 3.8) is 0 Å². The molecule has 114 valence electrons. The molecule has 0 N–H and O–H groups in total. The molecule has 0 spiro atoms. The molecule has 4 heteroatoms. The molecule has 2 rings (SSSR count). The quantitative estimate of drug-likeness (QED) is 0.568. The van der Waals surface area contributed by atoms with Crippen LogP contribution in [0.25, 0.3) is 0 Å². The molecular formula is C18H19O3P. The Labute approximate surface area is 132 Å². The van der Waals surface area contributed by atoms with Crippen LogP contribution in [0.5, 0.6) is 0 Å². The van der Waals surface area contributed by atoms with Gasteiger partial charge in [0.1, 0.15) is 0 Å². The zero-order valence-corrected chi connectivity index (χ0v) is 14.1. The van der Waals surface area contributed by atoms with Gasteiger partial charge in [-0.1, -0.05) is 36.4 Å². The largest absolute Gasteiger partial charge is 0.327 e. The summed E-state index contributed by atoms with van der Waals surface area (Å²) in [4.78, 5) is 12.7. The van der Waals surface area contributed by atoms with E-state index in [4.69, 9.17) is 4.52 Å². The van der Waals surface area contributed by atoms with Gasteiger partial charge in [-0.25, -0.2) is 4.57 Å². The highest BCUT2D eigenvalue weighted by molar-refractivity contribution is 7.17. The number of hydrogen-bond donors (Lipinski definition) is 0. The molecule has 0 bridgehead atoms. The predicted molar refractivity (Wildman–Crippen MR) is 87.6 cm³/mol. The fraction of sp³-hybridized carbons (Fsp3) is 0.278. The molecular weight excluding hydrogens is 295 g/mol. The maximum absolute atomic E-state index is 12.7. The van der Waals surface area contributed by atoms with Crippen molar-refractivity contribution in [2.75, 3.05) is 0 Å². The van der Waals surface area contributed by atoms with Crippen LogP contribution < -0.4 is 0 Å². The van der Waals surface area contributed by atoms with Crippen molar-refractivity contribution in [2.24, 2.45) is 0 Å². The highest BCUT2D eigenvalue weighted by Crippen LogP contribution is 2.24. The van der Waals surface area contributed by atoms with E-state index < -0.39 is 0 Å². The molecule has 1 atom stereocenters. The van der Waals surface area contributed by atoms with E-state index >= 15 is 0 Å². The summed E-state index contributed by atoms with van der Waals surface area (Å²) >= 11 is 0. The van der Waals surface area contributed by atoms with Crippen molar-refractivity contribution in [1.29, 1.82) is 0 Å². The minimum Gasteiger partial charge on any atom is -0.289 e. The summed E-state index contributed by atoms with van der Waals surface area (Å²) in [6.07, 6.45) is -0.272. The van der Waals surface area contributed by atoms with Crippen LogP contribution in [0.4, 0.5) is 0 Å². The van der Waals surface area contributed by atoms with E-state index in [1.54, 1.807) is 12.1 Å². The zero-order chi connectivity index (χ0) is 16.3. The smallest absolute Gasteiger partial charge is 0.289 e. The molecule has 0 aromatic heterocycles. The van der Waals surface area contributed by atoms with Gasteiger partial charge in [0.2, 0.25) is 0 Å². The zero-order valence-electron chi connectivity index (χ0n) is 13.2. The third-order valence-electron chi connectivity index (χ3n) is 4.15. The lowest BCUT2D eigenvalue weighted by atomic mass is 9.93. The van der Waals surface area contributed by atoms with Gasteiger partial charge in [0, 0.05) is 11.1 Å². The van der Waals surface area contributed by atoms with Crippen LogP contribution in [-0.2, 0) is 9.09 Å². The van der Waals surface area contributed by atoms with Crippen molar-refractivity contribution in [3.05, 3.63) is 69.8 Å². The molecule has 0 amide bonds. The average molecular weight is 314 g/mol. The first kappa shape index (κ1) is 16.5. The van der Waals surface area contributed by atoms with Crippen LogP contribution in [0.2, 0.25) is 0 Å². The Morgan fingerprint density at radius 3 is 2.23 bits per heavy atom. The van der Waals surface area contributed by atoms with Crippen LogP contribution in [0, 0.1) is 20.8 Å². The summed E-state index contributed by atoms with van der Waals surface area (Å²) in [5.41, 5.74) is 5.62. The molecule has 1 unspecified atom stereocenters. The van der Waals surface area contributed by atoms with E-state index in [9.17, 15) is 9.36 Å². The molecule has 22 heavy (non-hydrogen) atoms. The molecule has 3 nitrogen and oxygen atoms in total. The molecule has 0 fully saturated rings. The number of rotatable bonds is 5. The number of aryl methyl sites for hydroxylation is 1. The van der Waals surface area contributed by atoms with Crippen molar-refractivity contribution in [3.8, 4) is 0 Å². The van der Waals surface area contributed by atoms with Crippen LogP contribution in [-0.4, -0.2) is 5.78 Å².